The summed E-state index contributed by atoms with van der Waals surface area (Å²) in [6, 6.07) is 11.5. The van der Waals surface area contributed by atoms with Crippen molar-refractivity contribution in [1.82, 2.24) is 15.1 Å². The van der Waals surface area contributed by atoms with Gasteiger partial charge in [0, 0.05) is 17.1 Å². The Morgan fingerprint density at radius 3 is 2.44 bits per heavy atom. The molecule has 2 aromatic carbocycles. The number of amides is 2. The topological polar surface area (TPSA) is 126 Å². The van der Waals surface area contributed by atoms with E-state index in [0.29, 0.717) is 22.3 Å². The van der Waals surface area contributed by atoms with Crippen LogP contribution in [0.5, 0.6) is 0 Å². The molecule has 0 saturated carbocycles. The molecule has 1 saturated heterocycles. The third kappa shape index (κ3) is 5.47. The van der Waals surface area contributed by atoms with Crippen molar-refractivity contribution in [3.8, 4) is 5.69 Å². The number of carbonyl (C=O) groups is 3. The molecule has 0 spiro atoms. The molecule has 3 N–H and O–H groups in total. The van der Waals surface area contributed by atoms with Gasteiger partial charge in [-0.3, -0.25) is 14.4 Å². The van der Waals surface area contributed by atoms with Crippen molar-refractivity contribution in [3.05, 3.63) is 59.8 Å². The zero-order valence-corrected chi connectivity index (χ0v) is 19.0. The summed E-state index contributed by atoms with van der Waals surface area (Å²) in [5.74, 6) is -3.32. The summed E-state index contributed by atoms with van der Waals surface area (Å²) in [7, 11) is 0. The number of benzene rings is 2. The van der Waals surface area contributed by atoms with Gasteiger partial charge < -0.3 is 15.8 Å². The predicted octanol–water partition coefficient (Wildman–Crippen LogP) is 1.72. The van der Waals surface area contributed by atoms with E-state index in [1.54, 1.807) is 53.3 Å². The van der Waals surface area contributed by atoms with Crippen molar-refractivity contribution >= 4 is 28.7 Å². The van der Waals surface area contributed by atoms with Crippen LogP contribution in [0, 0.1) is 0 Å². The number of fused-ring (bicyclic) bond motifs is 1. The number of nitrogens with one attached hydrogen (secondary N) is 1. The van der Waals surface area contributed by atoms with Gasteiger partial charge in [0.05, 0.1) is 31.0 Å². The van der Waals surface area contributed by atoms with E-state index in [9.17, 15) is 27.6 Å². The SMILES string of the molecule is NC(=O)c1cccc2cn(-c3ccc(C(=O)NCC[N+]4(OC(=O)C(F)(F)F)CCOCC4)cc3)nc12. The number of nitrogens with two attached hydrogens (primary N) is 1. The average molecular weight is 506 g/mol. The zero-order valence-electron chi connectivity index (χ0n) is 19.0. The van der Waals surface area contributed by atoms with Crippen molar-refractivity contribution in [3.63, 3.8) is 0 Å². The third-order valence-electron chi connectivity index (χ3n) is 5.80. The van der Waals surface area contributed by atoms with Crippen LogP contribution in [0.25, 0.3) is 16.6 Å². The van der Waals surface area contributed by atoms with Gasteiger partial charge >= 0.3 is 12.1 Å². The first kappa shape index (κ1) is 25.1. The maximum Gasteiger partial charge on any atom is 0.497 e. The summed E-state index contributed by atoms with van der Waals surface area (Å²) in [6.07, 6.45) is -3.39. The molecule has 4 rings (SSSR count). The first-order chi connectivity index (χ1) is 17.1. The molecule has 0 aliphatic carbocycles. The fraction of sp³-hybridized carbons (Fsp3) is 0.304. The highest BCUT2D eigenvalue weighted by atomic mass is 19.4. The van der Waals surface area contributed by atoms with Crippen LogP contribution in [0.4, 0.5) is 13.2 Å². The Balaban J connectivity index is 1.40. The first-order valence-corrected chi connectivity index (χ1v) is 11.0. The second-order valence-electron chi connectivity index (χ2n) is 8.20. The summed E-state index contributed by atoms with van der Waals surface area (Å²) >= 11 is 0. The monoisotopic (exact) mass is 506 g/mol. The van der Waals surface area contributed by atoms with Crippen LogP contribution in [0.15, 0.2) is 48.7 Å². The second kappa shape index (κ2) is 9.95. The Kier molecular flexibility index (Phi) is 6.95. The average Bonchev–Trinajstić information content (AvgIpc) is 3.28. The number of hydrogen-bond donors (Lipinski definition) is 2. The molecule has 1 fully saturated rings. The van der Waals surface area contributed by atoms with E-state index in [2.05, 4.69) is 10.4 Å². The molecule has 190 valence electrons. The summed E-state index contributed by atoms with van der Waals surface area (Å²) < 4.78 is 44.3. The quantitative estimate of drug-likeness (QED) is 0.470. The Labute approximate surface area is 202 Å². The standard InChI is InChI=1S/C23H22F3N5O5/c24-23(25,26)22(34)36-31(10-12-35-13-11-31)9-8-28-21(33)15-4-6-17(7-5-15)30-14-16-2-1-3-18(20(27)32)19(16)29-30/h1-7,14H,8-13H2,(H2-,27,28,32,33)/p+1. The number of morpholine rings is 1. The number of ether oxygens (including phenoxy) is 1. The van der Waals surface area contributed by atoms with Crippen LogP contribution in [0.2, 0.25) is 0 Å². The van der Waals surface area contributed by atoms with Gasteiger partial charge in [-0.15, -0.1) is 4.65 Å². The fourth-order valence-corrected chi connectivity index (χ4v) is 3.88. The van der Waals surface area contributed by atoms with Crippen LogP contribution in [-0.2, 0) is 14.4 Å². The minimum Gasteiger partial charge on any atom is -0.369 e. The number of quaternary nitrogens is 1. The van der Waals surface area contributed by atoms with E-state index in [-0.39, 0.29) is 39.4 Å². The van der Waals surface area contributed by atoms with E-state index in [1.165, 1.54) is 0 Å². The lowest BCUT2D eigenvalue weighted by atomic mass is 10.1. The minimum atomic E-state index is -5.11. The van der Waals surface area contributed by atoms with Gasteiger partial charge in [0.2, 0.25) is 0 Å². The Morgan fingerprint density at radius 2 is 1.81 bits per heavy atom. The maximum absolute atomic E-state index is 12.7. The molecule has 13 heteroatoms. The van der Waals surface area contributed by atoms with Crippen LogP contribution >= 0.6 is 0 Å². The maximum atomic E-state index is 12.7. The van der Waals surface area contributed by atoms with E-state index >= 15 is 0 Å². The highest BCUT2D eigenvalue weighted by Gasteiger charge is 2.48. The largest absolute Gasteiger partial charge is 0.497 e. The lowest BCUT2D eigenvalue weighted by Crippen LogP contribution is -2.59. The summed E-state index contributed by atoms with van der Waals surface area (Å²) in [6.45, 7) is 0.279. The molecular formula is C23H23F3N5O5+. The molecule has 0 unspecified atom stereocenters. The van der Waals surface area contributed by atoms with Crippen molar-refractivity contribution in [2.75, 3.05) is 39.4 Å². The highest BCUT2D eigenvalue weighted by Crippen LogP contribution is 2.22. The second-order valence-corrected chi connectivity index (χ2v) is 8.20. The number of hydrogen-bond acceptors (Lipinski definition) is 6. The Bertz CT molecular complexity index is 1280. The van der Waals surface area contributed by atoms with Gasteiger partial charge in [-0.05, 0) is 30.3 Å². The van der Waals surface area contributed by atoms with Crippen LogP contribution in [0.1, 0.15) is 20.7 Å². The smallest absolute Gasteiger partial charge is 0.369 e. The summed E-state index contributed by atoms with van der Waals surface area (Å²) in [5.41, 5.74) is 7.11. The zero-order chi connectivity index (χ0) is 25.9. The van der Waals surface area contributed by atoms with Crippen molar-refractivity contribution in [2.45, 2.75) is 6.18 Å². The fourth-order valence-electron chi connectivity index (χ4n) is 3.88. The lowest BCUT2D eigenvalue weighted by molar-refractivity contribution is -1.09. The van der Waals surface area contributed by atoms with E-state index in [1.807, 2.05) is 0 Å². The van der Waals surface area contributed by atoms with Crippen LogP contribution in [-0.4, -0.2) is 77.8 Å². The molecule has 1 aliphatic heterocycles. The van der Waals surface area contributed by atoms with Crippen molar-refractivity contribution < 1.29 is 41.8 Å². The number of nitrogens with zero attached hydrogens (tertiary/aromatic N) is 3. The van der Waals surface area contributed by atoms with E-state index < -0.39 is 28.6 Å². The Hall–Kier alpha value is -3.97. The molecule has 0 radical (unpaired) electrons. The van der Waals surface area contributed by atoms with Gasteiger partial charge in [0.15, 0.2) is 0 Å². The van der Waals surface area contributed by atoms with E-state index in [0.717, 1.165) is 5.39 Å². The molecule has 3 aromatic rings. The number of hydroxylamine groups is 3. The molecule has 0 atom stereocenters. The molecule has 2 amide bonds. The molecule has 0 bridgehead atoms. The molecule has 1 aromatic heterocycles. The molecular weight excluding hydrogens is 483 g/mol. The van der Waals surface area contributed by atoms with Gasteiger partial charge in [-0.2, -0.15) is 18.3 Å². The van der Waals surface area contributed by atoms with Gasteiger partial charge in [0.1, 0.15) is 25.2 Å². The number of rotatable bonds is 7. The summed E-state index contributed by atoms with van der Waals surface area (Å²) in [4.78, 5) is 40.3. The molecule has 1 aliphatic rings. The number of aromatic nitrogens is 2. The van der Waals surface area contributed by atoms with Crippen LogP contribution in [0.3, 0.4) is 0 Å². The molecule has 2 heterocycles. The highest BCUT2D eigenvalue weighted by molar-refractivity contribution is 6.04. The van der Waals surface area contributed by atoms with Gasteiger partial charge in [0.25, 0.3) is 11.8 Å². The minimum absolute atomic E-state index is 0.0217. The molecule has 10 nitrogen and oxygen atoms in total. The normalized spacial score (nSPS) is 15.4. The number of primary amides is 1. The molecule has 36 heavy (non-hydrogen) atoms. The number of carbonyl (C=O) groups excluding carboxylic acids is 3. The van der Waals surface area contributed by atoms with Crippen LogP contribution < -0.4 is 11.1 Å². The third-order valence-corrected chi connectivity index (χ3v) is 5.80. The lowest BCUT2D eigenvalue weighted by Gasteiger charge is -2.37. The summed E-state index contributed by atoms with van der Waals surface area (Å²) in [5, 5.41) is 7.77. The number of halogens is 3. The van der Waals surface area contributed by atoms with Gasteiger partial charge in [-0.1, -0.05) is 12.1 Å². The van der Waals surface area contributed by atoms with E-state index in [4.69, 9.17) is 15.3 Å². The first-order valence-electron chi connectivity index (χ1n) is 11.0. The Morgan fingerprint density at radius 1 is 1.11 bits per heavy atom. The van der Waals surface area contributed by atoms with Crippen molar-refractivity contribution in [2.24, 2.45) is 5.73 Å². The number of alkyl halides is 3. The van der Waals surface area contributed by atoms with Crippen molar-refractivity contribution in [1.29, 1.82) is 0 Å². The van der Waals surface area contributed by atoms with Gasteiger partial charge in [-0.25, -0.2) is 9.48 Å². The predicted molar refractivity (Wildman–Crippen MR) is 120 cm³/mol.